The molecule has 8 heteroatoms. The maximum Gasteiger partial charge on any atom is 0.240 e. The lowest BCUT2D eigenvalue weighted by molar-refractivity contribution is -0.121. The van der Waals surface area contributed by atoms with E-state index in [1.54, 1.807) is 23.0 Å². The zero-order valence-electron chi connectivity index (χ0n) is 18.0. The van der Waals surface area contributed by atoms with Gasteiger partial charge in [0.2, 0.25) is 15.9 Å². The lowest BCUT2D eigenvalue weighted by Crippen LogP contribution is -2.30. The first-order valence-corrected chi connectivity index (χ1v) is 11.6. The molecule has 2 N–H and O–H groups in total. The molecule has 0 bridgehead atoms. The Kier molecular flexibility index (Phi) is 6.92. The number of nitrogens with zero attached hydrogens (tertiary/aromatic N) is 2. The third-order valence-corrected chi connectivity index (χ3v) is 6.35. The number of hydrogen-bond donors (Lipinski definition) is 2. The third-order valence-electron chi connectivity index (χ3n) is 4.87. The van der Waals surface area contributed by atoms with E-state index in [0.717, 1.165) is 16.8 Å². The summed E-state index contributed by atoms with van der Waals surface area (Å²) >= 11 is 0. The van der Waals surface area contributed by atoms with Crippen molar-refractivity contribution in [3.8, 4) is 5.69 Å². The number of rotatable bonds is 8. The van der Waals surface area contributed by atoms with Crippen LogP contribution in [0.2, 0.25) is 0 Å². The molecule has 0 atom stereocenters. The quantitative estimate of drug-likeness (QED) is 0.563. The van der Waals surface area contributed by atoms with Gasteiger partial charge in [0.05, 0.1) is 10.6 Å². The molecule has 0 spiro atoms. The van der Waals surface area contributed by atoms with Gasteiger partial charge in [0, 0.05) is 31.9 Å². The monoisotopic (exact) mass is 440 g/mol. The van der Waals surface area contributed by atoms with Crippen molar-refractivity contribution in [2.75, 3.05) is 6.54 Å². The van der Waals surface area contributed by atoms with E-state index < -0.39 is 10.0 Å². The Labute approximate surface area is 183 Å². The minimum Gasteiger partial charge on any atom is -0.352 e. The molecule has 2 aromatic carbocycles. The fourth-order valence-corrected chi connectivity index (χ4v) is 4.03. The Bertz CT molecular complexity index is 1100. The first-order valence-electron chi connectivity index (χ1n) is 10.1. The number of benzene rings is 2. The summed E-state index contributed by atoms with van der Waals surface area (Å²) in [5, 5.41) is 6.98. The molecule has 1 aromatic heterocycles. The summed E-state index contributed by atoms with van der Waals surface area (Å²) in [4.78, 5) is 12.3. The minimum atomic E-state index is -3.65. The van der Waals surface area contributed by atoms with Gasteiger partial charge < -0.3 is 5.32 Å². The van der Waals surface area contributed by atoms with E-state index >= 15 is 0 Å². The largest absolute Gasteiger partial charge is 0.352 e. The molecule has 31 heavy (non-hydrogen) atoms. The Morgan fingerprint density at radius 2 is 1.71 bits per heavy atom. The fourth-order valence-electron chi connectivity index (χ4n) is 2.99. The molecule has 0 saturated carbocycles. The van der Waals surface area contributed by atoms with Crippen LogP contribution in [0.3, 0.4) is 0 Å². The molecule has 0 aliphatic rings. The van der Waals surface area contributed by atoms with Crippen molar-refractivity contribution in [2.45, 2.75) is 44.0 Å². The van der Waals surface area contributed by atoms with Gasteiger partial charge in [-0.25, -0.2) is 17.8 Å². The van der Waals surface area contributed by atoms with Gasteiger partial charge >= 0.3 is 0 Å². The van der Waals surface area contributed by atoms with Crippen molar-refractivity contribution in [3.05, 3.63) is 78.1 Å². The Hall–Kier alpha value is -2.97. The molecule has 0 aliphatic heterocycles. The minimum absolute atomic E-state index is 0.0351. The van der Waals surface area contributed by atoms with E-state index in [2.05, 4.69) is 35.9 Å². The number of aromatic nitrogens is 2. The number of carbonyl (C=O) groups excluding carboxylic acids is 1. The molecule has 0 unspecified atom stereocenters. The second kappa shape index (κ2) is 9.45. The zero-order chi connectivity index (χ0) is 22.5. The van der Waals surface area contributed by atoms with E-state index in [9.17, 15) is 13.2 Å². The van der Waals surface area contributed by atoms with Crippen LogP contribution in [0.25, 0.3) is 5.69 Å². The van der Waals surface area contributed by atoms with Crippen LogP contribution in [0.1, 0.15) is 38.3 Å². The predicted molar refractivity (Wildman–Crippen MR) is 120 cm³/mol. The molecule has 3 rings (SSSR count). The van der Waals surface area contributed by atoms with Crippen LogP contribution in [0.4, 0.5) is 0 Å². The summed E-state index contributed by atoms with van der Waals surface area (Å²) in [6, 6.07) is 16.4. The molecule has 0 fully saturated rings. The molecule has 3 aromatic rings. The fraction of sp³-hybridized carbons (Fsp3) is 0.304. The highest BCUT2D eigenvalue weighted by molar-refractivity contribution is 7.89. The number of hydrogen-bond acceptors (Lipinski definition) is 4. The van der Waals surface area contributed by atoms with Gasteiger partial charge in [-0.05, 0) is 46.9 Å². The van der Waals surface area contributed by atoms with Crippen LogP contribution < -0.4 is 10.0 Å². The van der Waals surface area contributed by atoms with Gasteiger partial charge in [0.1, 0.15) is 0 Å². The van der Waals surface area contributed by atoms with Crippen molar-refractivity contribution in [1.29, 1.82) is 0 Å². The second-order valence-corrected chi connectivity index (χ2v) is 10.1. The summed E-state index contributed by atoms with van der Waals surface area (Å²) in [6.45, 7) is 6.62. The van der Waals surface area contributed by atoms with Crippen LogP contribution >= 0.6 is 0 Å². The molecule has 0 aliphatic carbocycles. The van der Waals surface area contributed by atoms with E-state index in [0.29, 0.717) is 6.54 Å². The van der Waals surface area contributed by atoms with E-state index in [1.807, 2.05) is 48.7 Å². The maximum absolute atomic E-state index is 12.4. The molecule has 1 amide bonds. The SMILES string of the molecule is CC(C)(C)c1ccc(S(=O)(=O)NCCC(=O)NCc2ccc(-n3cccn3)cc2)cc1. The van der Waals surface area contributed by atoms with Crippen molar-refractivity contribution in [3.63, 3.8) is 0 Å². The Morgan fingerprint density at radius 1 is 1.03 bits per heavy atom. The number of amides is 1. The smallest absolute Gasteiger partial charge is 0.240 e. The standard InChI is InChI=1S/C23H28N4O3S/c1-23(2,3)19-7-11-21(12-8-19)31(29,30)26-15-13-22(28)24-17-18-5-9-20(10-6-18)27-16-4-14-25-27/h4-12,14,16,26H,13,15,17H2,1-3H3,(H,24,28). The summed E-state index contributed by atoms with van der Waals surface area (Å²) in [6.07, 6.45) is 3.63. The van der Waals surface area contributed by atoms with Crippen LogP contribution in [0, 0.1) is 0 Å². The van der Waals surface area contributed by atoms with Gasteiger partial charge in [-0.3, -0.25) is 4.79 Å². The molecule has 7 nitrogen and oxygen atoms in total. The normalized spacial score (nSPS) is 12.0. The van der Waals surface area contributed by atoms with Gasteiger partial charge in [-0.1, -0.05) is 45.0 Å². The van der Waals surface area contributed by atoms with Gasteiger partial charge in [-0.2, -0.15) is 5.10 Å². The number of sulfonamides is 1. The lowest BCUT2D eigenvalue weighted by Gasteiger charge is -2.19. The average molecular weight is 441 g/mol. The number of nitrogens with one attached hydrogen (secondary N) is 2. The third kappa shape index (κ3) is 6.26. The molecule has 164 valence electrons. The van der Waals surface area contributed by atoms with Gasteiger partial charge in [0.15, 0.2) is 0 Å². The van der Waals surface area contributed by atoms with E-state index in [4.69, 9.17) is 0 Å². The number of carbonyl (C=O) groups is 1. The van der Waals surface area contributed by atoms with Crippen LogP contribution in [0.5, 0.6) is 0 Å². The van der Waals surface area contributed by atoms with Crippen molar-refractivity contribution < 1.29 is 13.2 Å². The van der Waals surface area contributed by atoms with Crippen LogP contribution in [-0.4, -0.2) is 30.7 Å². The zero-order valence-corrected chi connectivity index (χ0v) is 18.8. The molecule has 0 radical (unpaired) electrons. The highest BCUT2D eigenvalue weighted by atomic mass is 32.2. The average Bonchev–Trinajstić information content (AvgIpc) is 3.27. The maximum atomic E-state index is 12.4. The van der Waals surface area contributed by atoms with Crippen LogP contribution in [-0.2, 0) is 26.8 Å². The highest BCUT2D eigenvalue weighted by Crippen LogP contribution is 2.23. The Balaban J connectivity index is 1.45. The van der Waals surface area contributed by atoms with Crippen molar-refractivity contribution in [2.24, 2.45) is 0 Å². The van der Waals surface area contributed by atoms with E-state index in [1.165, 1.54) is 0 Å². The first kappa shape index (κ1) is 22.7. The summed E-state index contributed by atoms with van der Waals surface area (Å²) in [5.41, 5.74) is 2.89. The topological polar surface area (TPSA) is 93.1 Å². The Morgan fingerprint density at radius 3 is 2.29 bits per heavy atom. The molecule has 1 heterocycles. The predicted octanol–water partition coefficient (Wildman–Crippen LogP) is 3.15. The molecule has 0 saturated heterocycles. The summed E-state index contributed by atoms with van der Waals surface area (Å²) in [7, 11) is -3.65. The van der Waals surface area contributed by atoms with E-state index in [-0.39, 0.29) is 29.2 Å². The summed E-state index contributed by atoms with van der Waals surface area (Å²) in [5.74, 6) is -0.220. The van der Waals surface area contributed by atoms with Crippen LogP contribution in [0.15, 0.2) is 71.9 Å². The molecular weight excluding hydrogens is 412 g/mol. The second-order valence-electron chi connectivity index (χ2n) is 8.32. The first-order chi connectivity index (χ1) is 14.6. The van der Waals surface area contributed by atoms with Gasteiger partial charge in [0.25, 0.3) is 0 Å². The summed E-state index contributed by atoms with van der Waals surface area (Å²) < 4.78 is 29.1. The highest BCUT2D eigenvalue weighted by Gasteiger charge is 2.17. The van der Waals surface area contributed by atoms with Crippen molar-refractivity contribution in [1.82, 2.24) is 19.8 Å². The lowest BCUT2D eigenvalue weighted by atomic mass is 9.87. The van der Waals surface area contributed by atoms with Crippen molar-refractivity contribution >= 4 is 15.9 Å². The van der Waals surface area contributed by atoms with Gasteiger partial charge in [-0.15, -0.1) is 0 Å². The molecular formula is C23H28N4O3S.